The first-order valence-electron chi connectivity index (χ1n) is 25.0. The Labute approximate surface area is 418 Å². The quantitative estimate of drug-likeness (QED) is 0.105. The van der Waals surface area contributed by atoms with Crippen LogP contribution in [0.2, 0.25) is 0 Å². The Morgan fingerprint density at radius 1 is 0.366 bits per heavy atom. The zero-order valence-corrected chi connectivity index (χ0v) is 41.1. The number of rotatable bonds is 12. The van der Waals surface area contributed by atoms with Crippen LogP contribution in [0, 0.1) is 20.8 Å². The summed E-state index contributed by atoms with van der Waals surface area (Å²) in [4.78, 5) is 26.2. The van der Waals surface area contributed by atoms with Crippen molar-refractivity contribution in [3.8, 4) is 0 Å². The Kier molecular flexibility index (Phi) is 12.7. The van der Waals surface area contributed by atoms with Gasteiger partial charge in [0.1, 0.15) is 6.54 Å². The maximum Gasteiger partial charge on any atom is 0.169 e. The normalized spacial score (nSPS) is 17.8. The first kappa shape index (κ1) is 45.2. The summed E-state index contributed by atoms with van der Waals surface area (Å²) >= 11 is 0. The van der Waals surface area contributed by atoms with E-state index >= 15 is 0 Å². The predicted molar refractivity (Wildman–Crippen MR) is 295 cm³/mol. The lowest BCUT2D eigenvalue weighted by Crippen LogP contribution is -2.32. The van der Waals surface area contributed by atoms with Gasteiger partial charge in [0.05, 0.1) is 45.6 Å². The molecule has 0 atom stereocenters. The molecule has 11 rings (SSSR count). The number of nitrogens with zero attached hydrogens (tertiary/aromatic N) is 7. The third-order valence-electron chi connectivity index (χ3n) is 13.8. The highest BCUT2D eigenvalue weighted by Gasteiger charge is 2.28. The number of aryl methyl sites for hydroxylation is 4. The van der Waals surface area contributed by atoms with Crippen LogP contribution >= 0.6 is 0 Å². The van der Waals surface area contributed by atoms with Gasteiger partial charge in [-0.25, -0.2) is 24.5 Å². The summed E-state index contributed by atoms with van der Waals surface area (Å²) in [6.45, 7) is 8.37. The molecule has 8 bridgehead atoms. The second-order valence-corrected chi connectivity index (χ2v) is 19.1. The minimum absolute atomic E-state index is 0.863. The smallest absolute Gasteiger partial charge is 0.169 e. The molecule has 71 heavy (non-hydrogen) atoms. The fourth-order valence-electron chi connectivity index (χ4n) is 9.82. The van der Waals surface area contributed by atoms with Crippen molar-refractivity contribution in [3.05, 3.63) is 268 Å². The standard InChI is InChI=1S/C64H58N7/c1-44-10-16-49(17-11-44)61-53-22-24-55(65-53)62(50-18-12-45(2)13-19-50)57-26-28-59(67-57)64(60-29-27-58(68-60)63(56-25-23-54(61)66-56)51-20-14-46(3)15-21-51)52-34-42-71(43-35-52)37-9-7-5-6-8-36-70-40-32-48(33-41-70)47-30-38-69(4)39-31-47/h10-35,38-43H,5-9,36-37H2,1-4H3/q+1. The van der Waals surface area contributed by atoms with Gasteiger partial charge in [-0.1, -0.05) is 102 Å². The maximum absolute atomic E-state index is 5.49. The third-order valence-corrected chi connectivity index (χ3v) is 13.8. The molecule has 1 aromatic heterocycles. The Morgan fingerprint density at radius 3 is 1.10 bits per heavy atom. The van der Waals surface area contributed by atoms with E-state index in [2.05, 4.69) is 230 Å². The molecule has 0 amide bonds. The molecular weight excluding hydrogens is 867 g/mol. The van der Waals surface area contributed by atoms with Gasteiger partial charge in [-0.05, 0) is 140 Å². The lowest BCUT2D eigenvalue weighted by Gasteiger charge is -2.20. The van der Waals surface area contributed by atoms with E-state index in [1.807, 2.05) is 7.05 Å². The zero-order valence-electron chi connectivity index (χ0n) is 41.1. The number of pyridine rings is 1. The summed E-state index contributed by atoms with van der Waals surface area (Å²) in [6.07, 6.45) is 44.9. The second-order valence-electron chi connectivity index (χ2n) is 19.1. The summed E-state index contributed by atoms with van der Waals surface area (Å²) in [5, 5.41) is 0. The van der Waals surface area contributed by atoms with Crippen LogP contribution in [0.3, 0.4) is 0 Å². The van der Waals surface area contributed by atoms with Crippen molar-refractivity contribution < 1.29 is 4.57 Å². The van der Waals surface area contributed by atoms with E-state index in [1.54, 1.807) is 0 Å². The van der Waals surface area contributed by atoms with Gasteiger partial charge in [-0.2, -0.15) is 0 Å². The van der Waals surface area contributed by atoms with Gasteiger partial charge in [0.2, 0.25) is 0 Å². The van der Waals surface area contributed by atoms with Crippen molar-refractivity contribution in [3.63, 3.8) is 0 Å². The fraction of sp³-hybridized carbons (Fsp3) is 0.172. The van der Waals surface area contributed by atoms with Gasteiger partial charge in [-0.3, -0.25) is 0 Å². The van der Waals surface area contributed by atoms with Gasteiger partial charge in [0, 0.05) is 79.2 Å². The third kappa shape index (κ3) is 9.82. The first-order valence-corrected chi connectivity index (χ1v) is 25.0. The van der Waals surface area contributed by atoms with Gasteiger partial charge in [-0.15, -0.1) is 0 Å². The SMILES string of the molecule is Cc1ccc(C2=C3C=CC(=N3)C(c3ccc(C)cc3)=C3C=CC(=N3)C(c3cc[n+](CCCCCCCN4C=CC(=C5C=CN(C)C=C5)C=C4)cc3)=C3C=CC(=N3)C(c3ccc(C)cc3)=C3C=CC2=N3)cc1. The first-order chi connectivity index (χ1) is 34.8. The van der Waals surface area contributed by atoms with Gasteiger partial charge < -0.3 is 9.80 Å². The highest BCUT2D eigenvalue weighted by molar-refractivity contribution is 6.39. The van der Waals surface area contributed by atoms with Crippen LogP contribution in [0.25, 0.3) is 22.3 Å². The second kappa shape index (κ2) is 20.0. The van der Waals surface area contributed by atoms with Crippen LogP contribution in [-0.4, -0.2) is 46.2 Å². The van der Waals surface area contributed by atoms with Crippen molar-refractivity contribution >= 4 is 45.1 Å². The lowest BCUT2D eigenvalue weighted by molar-refractivity contribution is -0.697. The van der Waals surface area contributed by atoms with Crippen LogP contribution in [0.4, 0.5) is 0 Å². The maximum atomic E-state index is 5.49. The number of hydrogen-bond donors (Lipinski definition) is 0. The predicted octanol–water partition coefficient (Wildman–Crippen LogP) is 13.5. The average molecular weight is 925 g/mol. The number of unbranched alkanes of at least 4 members (excludes halogenated alkanes) is 4. The topological polar surface area (TPSA) is 59.8 Å². The summed E-state index contributed by atoms with van der Waals surface area (Å²) in [7, 11) is 2.05. The van der Waals surface area contributed by atoms with Crippen LogP contribution in [0.1, 0.15) is 71.0 Å². The number of allylic oxidation sites excluding steroid dienone is 18. The monoisotopic (exact) mass is 924 g/mol. The molecule has 0 N–H and O–H groups in total. The summed E-state index contributed by atoms with van der Waals surface area (Å²) in [6, 6.07) is 30.5. The Bertz CT molecular complexity index is 3280. The highest BCUT2D eigenvalue weighted by Crippen LogP contribution is 2.39. The van der Waals surface area contributed by atoms with E-state index in [9.17, 15) is 0 Å². The Hall–Kier alpha value is -8.29. The van der Waals surface area contributed by atoms with Gasteiger partial charge >= 0.3 is 0 Å². The van der Waals surface area contributed by atoms with E-state index in [-0.39, 0.29) is 0 Å². The summed E-state index contributed by atoms with van der Waals surface area (Å²) < 4.78 is 2.31. The molecule has 4 aromatic rings. The number of hydrogen-bond acceptors (Lipinski definition) is 6. The molecule has 7 aliphatic heterocycles. The largest absolute Gasteiger partial charge is 0.357 e. The number of benzene rings is 3. The van der Waals surface area contributed by atoms with Crippen molar-refractivity contribution in [1.29, 1.82) is 0 Å². The molecule has 7 heteroatoms. The van der Waals surface area contributed by atoms with Crippen LogP contribution in [0.5, 0.6) is 0 Å². The molecule has 7 aliphatic rings. The van der Waals surface area contributed by atoms with E-state index in [1.165, 1.54) is 53.5 Å². The van der Waals surface area contributed by atoms with E-state index in [4.69, 9.17) is 20.0 Å². The molecule has 0 aliphatic carbocycles. The minimum Gasteiger partial charge on any atom is -0.357 e. The molecule has 0 spiro atoms. The van der Waals surface area contributed by atoms with Crippen molar-refractivity contribution in [2.75, 3.05) is 13.6 Å². The number of aromatic nitrogens is 1. The van der Waals surface area contributed by atoms with Crippen molar-refractivity contribution in [2.45, 2.75) is 59.4 Å². The molecule has 0 fully saturated rings. The minimum atomic E-state index is 0.863. The van der Waals surface area contributed by atoms with Crippen molar-refractivity contribution in [2.24, 2.45) is 20.0 Å². The molecule has 3 aromatic carbocycles. The summed E-state index contributed by atoms with van der Waals surface area (Å²) in [5.74, 6) is 0. The van der Waals surface area contributed by atoms with Crippen LogP contribution < -0.4 is 4.57 Å². The van der Waals surface area contributed by atoms with Gasteiger partial charge in [0.15, 0.2) is 12.4 Å². The Morgan fingerprint density at radius 2 is 0.704 bits per heavy atom. The van der Waals surface area contributed by atoms with E-state index < -0.39 is 0 Å². The lowest BCUT2D eigenvalue weighted by atomic mass is 9.97. The fourth-order valence-corrected chi connectivity index (χ4v) is 9.82. The molecule has 7 nitrogen and oxygen atoms in total. The van der Waals surface area contributed by atoms with E-state index in [0.717, 1.165) is 110 Å². The average Bonchev–Trinajstić information content (AvgIpc) is 4.25. The summed E-state index contributed by atoms with van der Waals surface area (Å²) in [5.41, 5.74) is 21.2. The highest BCUT2D eigenvalue weighted by atomic mass is 15.1. The molecule has 0 radical (unpaired) electrons. The molecular formula is C64H58N7+. The molecule has 8 heterocycles. The molecule has 0 saturated carbocycles. The number of fused-ring (bicyclic) bond motifs is 4. The van der Waals surface area contributed by atoms with Crippen LogP contribution in [0.15, 0.2) is 249 Å². The molecule has 0 saturated heterocycles. The van der Waals surface area contributed by atoms with Crippen molar-refractivity contribution in [1.82, 2.24) is 9.80 Å². The van der Waals surface area contributed by atoms with Crippen LogP contribution in [-0.2, 0) is 6.54 Å². The van der Waals surface area contributed by atoms with E-state index in [0.29, 0.717) is 0 Å². The van der Waals surface area contributed by atoms with Gasteiger partial charge in [0.25, 0.3) is 0 Å². The zero-order chi connectivity index (χ0) is 48.3. The Balaban J connectivity index is 0.895. The number of aliphatic imine (C=N–C) groups is 4. The molecule has 0 unspecified atom stereocenters. The molecule has 348 valence electrons.